The Morgan fingerprint density at radius 2 is 1.41 bits per heavy atom. The maximum atomic E-state index is 8.74. The van der Waals surface area contributed by atoms with Gasteiger partial charge in [-0.2, -0.15) is 0 Å². The minimum atomic E-state index is 0.321. The molecule has 2 saturated carbocycles. The van der Waals surface area contributed by atoms with E-state index in [9.17, 15) is 0 Å². The van der Waals surface area contributed by atoms with E-state index >= 15 is 0 Å². The van der Waals surface area contributed by atoms with Crippen LogP contribution < -0.4 is 0 Å². The lowest BCUT2D eigenvalue weighted by atomic mass is 9.72. The fraction of sp³-hybridized carbons (Fsp3) is 0.947. The molecule has 0 heterocycles. The molecular weight excluding hydrogens is 274 g/mol. The first-order valence-electron chi connectivity index (χ1n) is 9.42. The van der Waals surface area contributed by atoms with E-state index in [2.05, 4.69) is 4.85 Å². The lowest BCUT2D eigenvalue weighted by Crippen LogP contribution is -2.29. The van der Waals surface area contributed by atoms with Gasteiger partial charge in [0.2, 0.25) is 6.04 Å². The Balaban J connectivity index is 1.53. The first-order valence-corrected chi connectivity index (χ1v) is 9.42. The van der Waals surface area contributed by atoms with Crippen LogP contribution in [0.4, 0.5) is 0 Å². The Hall–Kier alpha value is -0.590. The summed E-state index contributed by atoms with van der Waals surface area (Å²) in [5, 5.41) is 8.74. The predicted molar refractivity (Wildman–Crippen MR) is 89.6 cm³/mol. The third kappa shape index (κ3) is 5.89. The van der Waals surface area contributed by atoms with Crippen molar-refractivity contribution in [3.63, 3.8) is 0 Å². The van der Waals surface area contributed by atoms with Gasteiger partial charge < -0.3 is 14.7 Å². The zero-order valence-corrected chi connectivity index (χ0v) is 14.0. The average molecular weight is 307 g/mol. The molecule has 1 N–H and O–H groups in total. The van der Waals surface area contributed by atoms with Crippen LogP contribution in [-0.2, 0) is 4.74 Å². The molecule has 0 amide bonds. The lowest BCUT2D eigenvalue weighted by molar-refractivity contribution is 0.00648. The molecule has 22 heavy (non-hydrogen) atoms. The first-order chi connectivity index (χ1) is 10.8. The van der Waals surface area contributed by atoms with Gasteiger partial charge in [-0.25, -0.2) is 6.57 Å². The van der Waals surface area contributed by atoms with Crippen LogP contribution in [0.25, 0.3) is 4.85 Å². The molecule has 0 atom stereocenters. The molecule has 0 bridgehead atoms. The molecule has 0 aromatic heterocycles. The van der Waals surface area contributed by atoms with Crippen LogP contribution in [0.3, 0.4) is 0 Å². The van der Waals surface area contributed by atoms with Crippen LogP contribution in [0.2, 0.25) is 0 Å². The van der Waals surface area contributed by atoms with Gasteiger partial charge in [0.1, 0.15) is 0 Å². The SMILES string of the molecule is [C-]#[N+]C1CCC(C2CCC(OCCCCCCO)CC2)CC1. The number of aliphatic hydroxyl groups excluding tert-OH is 1. The van der Waals surface area contributed by atoms with Crippen LogP contribution in [-0.4, -0.2) is 30.5 Å². The molecule has 126 valence electrons. The molecule has 0 unspecified atom stereocenters. The maximum absolute atomic E-state index is 8.74. The quantitative estimate of drug-likeness (QED) is 0.525. The highest BCUT2D eigenvalue weighted by atomic mass is 16.5. The normalized spacial score (nSPS) is 32.5. The second-order valence-corrected chi connectivity index (χ2v) is 7.24. The molecule has 0 saturated heterocycles. The van der Waals surface area contributed by atoms with Crippen molar-refractivity contribution in [2.45, 2.75) is 89.2 Å². The molecular formula is C19H33NO2. The van der Waals surface area contributed by atoms with Gasteiger partial charge in [0.25, 0.3) is 0 Å². The minimum absolute atomic E-state index is 0.321. The summed E-state index contributed by atoms with van der Waals surface area (Å²) in [4.78, 5) is 3.72. The molecule has 3 heteroatoms. The number of ether oxygens (including phenoxy) is 1. The third-order valence-corrected chi connectivity index (χ3v) is 5.72. The Morgan fingerprint density at radius 3 is 2.00 bits per heavy atom. The molecule has 2 aliphatic carbocycles. The van der Waals surface area contributed by atoms with Crippen molar-refractivity contribution in [1.29, 1.82) is 0 Å². The fourth-order valence-corrected chi connectivity index (χ4v) is 4.25. The van der Waals surface area contributed by atoms with Crippen molar-refractivity contribution < 1.29 is 9.84 Å². The standard InChI is InChI=1S/C19H33NO2/c1-20-18-10-6-16(7-11-18)17-8-12-19(13-9-17)22-15-5-3-2-4-14-21/h16-19,21H,2-15H2. The summed E-state index contributed by atoms with van der Waals surface area (Å²) < 4.78 is 6.03. The molecule has 3 nitrogen and oxygen atoms in total. The van der Waals surface area contributed by atoms with E-state index < -0.39 is 0 Å². The van der Waals surface area contributed by atoms with E-state index in [4.69, 9.17) is 16.4 Å². The molecule has 0 aromatic carbocycles. The molecule has 2 rings (SSSR count). The summed E-state index contributed by atoms with van der Waals surface area (Å²) >= 11 is 0. The number of aliphatic hydroxyl groups is 1. The monoisotopic (exact) mass is 307 g/mol. The minimum Gasteiger partial charge on any atom is -0.396 e. The highest BCUT2D eigenvalue weighted by Crippen LogP contribution is 2.39. The topological polar surface area (TPSA) is 33.8 Å². The van der Waals surface area contributed by atoms with Gasteiger partial charge in [-0.3, -0.25) is 0 Å². The number of nitrogens with zero attached hydrogens (tertiary/aromatic N) is 1. The zero-order chi connectivity index (χ0) is 15.6. The van der Waals surface area contributed by atoms with Crippen LogP contribution in [0.5, 0.6) is 0 Å². The zero-order valence-electron chi connectivity index (χ0n) is 14.0. The Morgan fingerprint density at radius 1 is 0.818 bits per heavy atom. The third-order valence-electron chi connectivity index (χ3n) is 5.72. The average Bonchev–Trinajstić information content (AvgIpc) is 2.59. The van der Waals surface area contributed by atoms with Gasteiger partial charge in [-0.05, 0) is 63.2 Å². The largest absolute Gasteiger partial charge is 0.396 e. The van der Waals surface area contributed by atoms with E-state index in [-0.39, 0.29) is 0 Å². The van der Waals surface area contributed by atoms with Gasteiger partial charge in [-0.1, -0.05) is 12.8 Å². The Kier molecular flexibility index (Phi) is 8.26. The molecule has 0 aromatic rings. The smallest absolute Gasteiger partial charge is 0.223 e. The lowest BCUT2D eigenvalue weighted by Gasteiger charge is -2.35. The van der Waals surface area contributed by atoms with Gasteiger partial charge in [0.15, 0.2) is 0 Å². The van der Waals surface area contributed by atoms with Crippen LogP contribution in [0, 0.1) is 18.4 Å². The fourth-order valence-electron chi connectivity index (χ4n) is 4.25. The van der Waals surface area contributed by atoms with E-state index in [1.807, 2.05) is 0 Å². The van der Waals surface area contributed by atoms with Crippen molar-refractivity contribution in [2.75, 3.05) is 13.2 Å². The van der Waals surface area contributed by atoms with Gasteiger partial charge in [-0.15, -0.1) is 0 Å². The number of rotatable bonds is 8. The van der Waals surface area contributed by atoms with Crippen molar-refractivity contribution >= 4 is 0 Å². The molecule has 0 radical (unpaired) electrons. The number of hydrogen-bond acceptors (Lipinski definition) is 2. The highest BCUT2D eigenvalue weighted by Gasteiger charge is 2.32. The molecule has 0 spiro atoms. The van der Waals surface area contributed by atoms with Crippen LogP contribution in [0.15, 0.2) is 0 Å². The summed E-state index contributed by atoms with van der Waals surface area (Å²) in [5.41, 5.74) is 0. The van der Waals surface area contributed by atoms with Crippen LogP contribution in [0.1, 0.15) is 77.0 Å². The van der Waals surface area contributed by atoms with E-state index in [0.717, 1.165) is 50.5 Å². The molecule has 0 aliphatic heterocycles. The highest BCUT2D eigenvalue weighted by molar-refractivity contribution is 4.88. The van der Waals surface area contributed by atoms with Crippen LogP contribution >= 0.6 is 0 Å². The van der Waals surface area contributed by atoms with E-state index in [1.54, 1.807) is 0 Å². The summed E-state index contributed by atoms with van der Waals surface area (Å²) in [6, 6.07) is 0.321. The second kappa shape index (κ2) is 10.2. The van der Waals surface area contributed by atoms with Crippen molar-refractivity contribution in [3.8, 4) is 0 Å². The summed E-state index contributed by atoms with van der Waals surface area (Å²) in [7, 11) is 0. The number of unbranched alkanes of at least 4 members (excludes halogenated alkanes) is 3. The molecule has 2 fully saturated rings. The summed E-state index contributed by atoms with van der Waals surface area (Å²) in [5.74, 6) is 1.79. The van der Waals surface area contributed by atoms with E-state index in [0.29, 0.717) is 18.8 Å². The predicted octanol–water partition coefficient (Wildman–Crippen LogP) is 4.59. The van der Waals surface area contributed by atoms with Gasteiger partial charge >= 0.3 is 0 Å². The van der Waals surface area contributed by atoms with Crippen molar-refractivity contribution in [1.82, 2.24) is 0 Å². The summed E-state index contributed by atoms with van der Waals surface area (Å²) in [6.45, 7) is 8.37. The maximum Gasteiger partial charge on any atom is 0.223 e. The van der Waals surface area contributed by atoms with Gasteiger partial charge in [0.05, 0.1) is 6.10 Å². The van der Waals surface area contributed by atoms with Crippen molar-refractivity contribution in [3.05, 3.63) is 11.4 Å². The first kappa shape index (κ1) is 17.8. The van der Waals surface area contributed by atoms with Gasteiger partial charge in [0, 0.05) is 26.1 Å². The molecule has 2 aliphatic rings. The summed E-state index contributed by atoms with van der Waals surface area (Å²) in [6.07, 6.45) is 14.9. The second-order valence-electron chi connectivity index (χ2n) is 7.24. The number of hydrogen-bond donors (Lipinski definition) is 1. The Bertz CT molecular complexity index is 323. The van der Waals surface area contributed by atoms with E-state index in [1.165, 1.54) is 44.9 Å². The Labute approximate surface area is 136 Å². The van der Waals surface area contributed by atoms with Crippen molar-refractivity contribution in [2.24, 2.45) is 11.8 Å².